The van der Waals surface area contributed by atoms with Crippen LogP contribution in [-0.2, 0) is 0 Å². The van der Waals surface area contributed by atoms with Gasteiger partial charge in [-0.15, -0.1) is 16.4 Å². The Hall–Kier alpha value is -2.90. The van der Waals surface area contributed by atoms with Crippen molar-refractivity contribution in [3.05, 3.63) is 63.3 Å². The summed E-state index contributed by atoms with van der Waals surface area (Å²) in [6.45, 7) is 1.95. The Kier molecular flexibility index (Phi) is 4.55. The van der Waals surface area contributed by atoms with Gasteiger partial charge in [0.05, 0.1) is 17.7 Å². The Morgan fingerprint density at radius 1 is 1.19 bits per heavy atom. The van der Waals surface area contributed by atoms with Gasteiger partial charge in [-0.3, -0.25) is 10.1 Å². The maximum Gasteiger partial charge on any atom is 0.268 e. The zero-order valence-corrected chi connectivity index (χ0v) is 16.1. The molecule has 4 aromatic rings. The van der Waals surface area contributed by atoms with Crippen molar-refractivity contribution in [1.82, 2.24) is 14.6 Å². The van der Waals surface area contributed by atoms with Gasteiger partial charge in [-0.1, -0.05) is 29.8 Å². The zero-order chi connectivity index (χ0) is 19.0. The number of ether oxygens (including phenoxy) is 1. The third kappa shape index (κ3) is 3.27. The summed E-state index contributed by atoms with van der Waals surface area (Å²) in [6.07, 6.45) is 0. The first kappa shape index (κ1) is 17.5. The largest absolute Gasteiger partial charge is 0.493 e. The van der Waals surface area contributed by atoms with Gasteiger partial charge in [-0.05, 0) is 37.3 Å². The van der Waals surface area contributed by atoms with Gasteiger partial charge in [0.1, 0.15) is 0 Å². The van der Waals surface area contributed by atoms with Crippen LogP contribution in [0.4, 0.5) is 5.95 Å². The van der Waals surface area contributed by atoms with Crippen LogP contribution in [-0.4, -0.2) is 27.6 Å². The second-order valence-corrected chi connectivity index (χ2v) is 7.50. The summed E-state index contributed by atoms with van der Waals surface area (Å²) in [5, 5.41) is 7.79. The van der Waals surface area contributed by atoms with Gasteiger partial charge in [-0.2, -0.15) is 4.98 Å². The number of fused-ring (bicyclic) bond motifs is 1. The summed E-state index contributed by atoms with van der Waals surface area (Å²) in [7, 11) is 1.56. The van der Waals surface area contributed by atoms with Crippen LogP contribution in [0.5, 0.6) is 5.75 Å². The monoisotopic (exact) mass is 398 g/mol. The molecule has 0 saturated carbocycles. The predicted molar refractivity (Wildman–Crippen MR) is 107 cm³/mol. The fourth-order valence-corrected chi connectivity index (χ4v) is 3.74. The summed E-state index contributed by atoms with van der Waals surface area (Å²) in [5.41, 5.74) is 2.05. The number of thiophene rings is 1. The average molecular weight is 399 g/mol. The molecule has 27 heavy (non-hydrogen) atoms. The lowest BCUT2D eigenvalue weighted by Crippen LogP contribution is -2.11. The lowest BCUT2D eigenvalue weighted by molar-refractivity contribution is 0.102. The highest BCUT2D eigenvalue weighted by atomic mass is 35.5. The van der Waals surface area contributed by atoms with Crippen molar-refractivity contribution in [3.8, 4) is 17.0 Å². The van der Waals surface area contributed by atoms with E-state index in [9.17, 15) is 4.79 Å². The molecule has 0 aliphatic carbocycles. The number of nitrogens with zero attached hydrogens (tertiary/aromatic N) is 3. The van der Waals surface area contributed by atoms with Crippen LogP contribution in [0.3, 0.4) is 0 Å². The number of nitrogens with one attached hydrogen (secondary N) is 1. The fraction of sp³-hybridized carbons (Fsp3) is 0.105. The number of methoxy groups -OCH3 is 1. The minimum atomic E-state index is -0.248. The van der Waals surface area contributed by atoms with E-state index in [-0.39, 0.29) is 11.9 Å². The molecular formula is C19H15ClN4O2S. The van der Waals surface area contributed by atoms with Gasteiger partial charge in [0, 0.05) is 15.5 Å². The highest BCUT2D eigenvalue weighted by Crippen LogP contribution is 2.31. The SMILES string of the molecule is COc1ccc(-c2ccccc2Cl)n2nc(NC(=O)c3ccc(C)s3)nc12. The van der Waals surface area contributed by atoms with E-state index < -0.39 is 0 Å². The molecule has 0 saturated heterocycles. The molecule has 6 nitrogen and oxygen atoms in total. The number of pyridine rings is 1. The van der Waals surface area contributed by atoms with E-state index in [0.717, 1.165) is 16.1 Å². The standard InChI is InChI=1S/C19H15ClN4O2S/c1-11-7-10-16(27-11)18(25)22-19-21-17-15(26-2)9-8-14(24(17)23-19)12-5-3-4-6-13(12)20/h3-10H,1-2H3,(H,22,23,25). The molecule has 0 unspecified atom stereocenters. The molecular weight excluding hydrogens is 384 g/mol. The summed E-state index contributed by atoms with van der Waals surface area (Å²) in [4.78, 5) is 18.5. The molecule has 4 rings (SSSR count). The number of benzene rings is 1. The molecule has 8 heteroatoms. The van der Waals surface area contributed by atoms with Crippen molar-refractivity contribution in [2.45, 2.75) is 6.92 Å². The van der Waals surface area contributed by atoms with Crippen molar-refractivity contribution < 1.29 is 9.53 Å². The second-order valence-electron chi connectivity index (χ2n) is 5.80. The fourth-order valence-electron chi connectivity index (χ4n) is 2.74. The number of rotatable bonds is 4. The van der Waals surface area contributed by atoms with Crippen LogP contribution in [0.1, 0.15) is 14.5 Å². The molecule has 1 aromatic carbocycles. The maximum absolute atomic E-state index is 12.4. The number of halogens is 1. The third-order valence-corrected chi connectivity index (χ3v) is 5.34. The summed E-state index contributed by atoms with van der Waals surface area (Å²) in [5.74, 6) is 0.497. The number of aromatic nitrogens is 3. The number of hydrogen-bond donors (Lipinski definition) is 1. The Morgan fingerprint density at radius 3 is 2.70 bits per heavy atom. The van der Waals surface area contributed by atoms with E-state index in [4.69, 9.17) is 16.3 Å². The van der Waals surface area contributed by atoms with Crippen molar-refractivity contribution in [2.75, 3.05) is 12.4 Å². The minimum Gasteiger partial charge on any atom is -0.493 e. The Morgan fingerprint density at radius 2 is 2.00 bits per heavy atom. The summed E-state index contributed by atoms with van der Waals surface area (Å²) in [6, 6.07) is 14.8. The summed E-state index contributed by atoms with van der Waals surface area (Å²) < 4.78 is 7.01. The number of anilines is 1. The molecule has 1 amide bonds. The topological polar surface area (TPSA) is 68.5 Å². The number of amides is 1. The van der Waals surface area contributed by atoms with E-state index in [1.807, 2.05) is 43.3 Å². The van der Waals surface area contributed by atoms with Crippen molar-refractivity contribution in [1.29, 1.82) is 0 Å². The molecule has 0 aliphatic rings. The quantitative estimate of drug-likeness (QED) is 0.542. The molecule has 0 radical (unpaired) electrons. The van der Waals surface area contributed by atoms with Crippen molar-refractivity contribution in [3.63, 3.8) is 0 Å². The number of carbonyl (C=O) groups is 1. The molecule has 1 N–H and O–H groups in total. The van der Waals surface area contributed by atoms with Crippen LogP contribution in [0.2, 0.25) is 5.02 Å². The lowest BCUT2D eigenvalue weighted by atomic mass is 10.1. The first-order valence-electron chi connectivity index (χ1n) is 8.13. The Bertz CT molecular complexity index is 1150. The highest BCUT2D eigenvalue weighted by molar-refractivity contribution is 7.14. The molecule has 136 valence electrons. The Balaban J connectivity index is 1.79. The van der Waals surface area contributed by atoms with Gasteiger partial charge in [0.15, 0.2) is 11.4 Å². The van der Waals surface area contributed by atoms with E-state index in [1.54, 1.807) is 23.8 Å². The molecule has 0 bridgehead atoms. The molecule has 0 fully saturated rings. The minimum absolute atomic E-state index is 0.198. The third-order valence-electron chi connectivity index (χ3n) is 4.01. The van der Waals surface area contributed by atoms with Crippen molar-refractivity contribution in [2.24, 2.45) is 0 Å². The normalized spacial score (nSPS) is 10.9. The maximum atomic E-state index is 12.4. The van der Waals surface area contributed by atoms with Crippen LogP contribution in [0.25, 0.3) is 16.9 Å². The summed E-state index contributed by atoms with van der Waals surface area (Å²) >= 11 is 7.76. The van der Waals surface area contributed by atoms with Gasteiger partial charge in [0.2, 0.25) is 5.95 Å². The van der Waals surface area contributed by atoms with E-state index in [1.165, 1.54) is 11.3 Å². The lowest BCUT2D eigenvalue weighted by Gasteiger charge is -2.08. The van der Waals surface area contributed by atoms with Crippen LogP contribution in [0, 0.1) is 6.92 Å². The number of aryl methyl sites for hydroxylation is 1. The van der Waals surface area contributed by atoms with Gasteiger partial charge < -0.3 is 4.74 Å². The second kappa shape index (κ2) is 7.02. The Labute approximate surface area is 164 Å². The molecule has 0 atom stereocenters. The predicted octanol–water partition coefficient (Wildman–Crippen LogP) is 4.68. The van der Waals surface area contributed by atoms with E-state index in [0.29, 0.717) is 21.3 Å². The average Bonchev–Trinajstić information content (AvgIpc) is 3.27. The van der Waals surface area contributed by atoms with Gasteiger partial charge in [0.25, 0.3) is 5.91 Å². The zero-order valence-electron chi connectivity index (χ0n) is 14.6. The number of hydrogen-bond acceptors (Lipinski definition) is 5. The molecule has 3 aromatic heterocycles. The highest BCUT2D eigenvalue weighted by Gasteiger charge is 2.17. The molecule has 0 spiro atoms. The molecule has 0 aliphatic heterocycles. The van der Waals surface area contributed by atoms with E-state index in [2.05, 4.69) is 15.4 Å². The van der Waals surface area contributed by atoms with Gasteiger partial charge in [-0.25, -0.2) is 4.52 Å². The van der Waals surface area contributed by atoms with Crippen LogP contribution in [0.15, 0.2) is 48.5 Å². The molecule has 3 heterocycles. The van der Waals surface area contributed by atoms with Crippen LogP contribution >= 0.6 is 22.9 Å². The van der Waals surface area contributed by atoms with Crippen molar-refractivity contribution >= 4 is 40.4 Å². The van der Waals surface area contributed by atoms with E-state index >= 15 is 0 Å². The van der Waals surface area contributed by atoms with Gasteiger partial charge >= 0.3 is 0 Å². The smallest absolute Gasteiger partial charge is 0.268 e. The first-order valence-corrected chi connectivity index (χ1v) is 9.32. The first-order chi connectivity index (χ1) is 13.1. The van der Waals surface area contributed by atoms with Crippen LogP contribution < -0.4 is 10.1 Å². The number of carbonyl (C=O) groups excluding carboxylic acids is 1.